The largest absolute Gasteiger partial charge is 0.478 e. The van der Waals surface area contributed by atoms with E-state index < -0.39 is 5.97 Å². The van der Waals surface area contributed by atoms with Gasteiger partial charge in [-0.25, -0.2) is 4.79 Å². The molecule has 2 saturated carbocycles. The van der Waals surface area contributed by atoms with Crippen molar-refractivity contribution in [3.8, 4) is 0 Å². The molecule has 3 fully saturated rings. The third kappa shape index (κ3) is 4.27. The molecule has 2 aliphatic carbocycles. The molecule has 0 amide bonds. The number of carboxylic acid groups (broad SMARTS) is 1. The van der Waals surface area contributed by atoms with Crippen LogP contribution in [0, 0.1) is 11.8 Å². The van der Waals surface area contributed by atoms with Gasteiger partial charge in [-0.3, -0.25) is 0 Å². The van der Waals surface area contributed by atoms with E-state index >= 15 is 0 Å². The Balaban J connectivity index is 1.63. The Hall–Kier alpha value is -2.29. The maximum atomic E-state index is 11.6. The third-order valence-corrected chi connectivity index (χ3v) is 9.42. The maximum absolute atomic E-state index is 11.6. The summed E-state index contributed by atoms with van der Waals surface area (Å²) in [5.74, 6) is 0.988. The average Bonchev–Trinajstić information content (AvgIpc) is 3.21. The second kappa shape index (κ2) is 10.1. The fraction of sp³-hybridized carbons (Fsp3) is 0.581. The van der Waals surface area contributed by atoms with Crippen LogP contribution in [-0.4, -0.2) is 22.7 Å². The molecule has 1 N–H and O–H groups in total. The van der Waals surface area contributed by atoms with Crippen LogP contribution >= 0.6 is 0 Å². The molecule has 0 spiro atoms. The molecule has 5 rings (SSSR count). The predicted octanol–water partition coefficient (Wildman–Crippen LogP) is 8.06. The second-order valence-electron chi connectivity index (χ2n) is 11.2. The predicted molar refractivity (Wildman–Crippen MR) is 140 cm³/mol. The van der Waals surface area contributed by atoms with Crippen molar-refractivity contribution in [1.29, 1.82) is 0 Å². The van der Waals surface area contributed by atoms with Crippen LogP contribution in [0.4, 0.5) is 5.69 Å². The Kier molecular flexibility index (Phi) is 6.99. The third-order valence-electron chi connectivity index (χ3n) is 9.42. The minimum atomic E-state index is -0.843. The normalized spacial score (nSPS) is 30.7. The second-order valence-corrected chi connectivity index (χ2v) is 11.2. The molecule has 2 aromatic rings. The van der Waals surface area contributed by atoms with Crippen molar-refractivity contribution < 1.29 is 9.90 Å². The summed E-state index contributed by atoms with van der Waals surface area (Å²) >= 11 is 0. The van der Waals surface area contributed by atoms with E-state index in [1.165, 1.54) is 88.3 Å². The van der Waals surface area contributed by atoms with Gasteiger partial charge in [-0.1, -0.05) is 81.7 Å². The lowest BCUT2D eigenvalue weighted by Gasteiger charge is -2.49. The van der Waals surface area contributed by atoms with Crippen LogP contribution in [-0.2, 0) is 0 Å². The van der Waals surface area contributed by atoms with Crippen molar-refractivity contribution in [2.75, 3.05) is 4.90 Å². The van der Waals surface area contributed by atoms with Crippen molar-refractivity contribution in [2.24, 2.45) is 11.8 Å². The lowest BCUT2D eigenvalue weighted by molar-refractivity contribution is 0.0697. The van der Waals surface area contributed by atoms with E-state index in [-0.39, 0.29) is 5.54 Å². The lowest BCUT2D eigenvalue weighted by atomic mass is 9.65. The molecule has 2 aromatic carbocycles. The van der Waals surface area contributed by atoms with Crippen molar-refractivity contribution in [2.45, 2.75) is 101 Å². The number of rotatable bonds is 4. The molecule has 3 nitrogen and oxygen atoms in total. The maximum Gasteiger partial charge on any atom is 0.335 e. The number of carboxylic acids is 1. The number of carbonyl (C=O) groups is 1. The molecule has 1 aliphatic heterocycles. The Morgan fingerprint density at radius 3 is 2.03 bits per heavy atom. The highest BCUT2D eigenvalue weighted by Crippen LogP contribution is 2.59. The highest BCUT2D eigenvalue weighted by Gasteiger charge is 2.59. The van der Waals surface area contributed by atoms with E-state index in [1.54, 1.807) is 0 Å². The number of nitrogens with zero attached hydrogens (tertiary/aromatic N) is 1. The summed E-state index contributed by atoms with van der Waals surface area (Å²) in [4.78, 5) is 14.4. The molecular formula is C31H41NO2. The van der Waals surface area contributed by atoms with Crippen molar-refractivity contribution in [1.82, 2.24) is 0 Å². The first-order valence-corrected chi connectivity index (χ1v) is 13.8. The molecule has 3 heteroatoms. The van der Waals surface area contributed by atoms with Gasteiger partial charge >= 0.3 is 5.97 Å². The molecule has 0 bridgehead atoms. The van der Waals surface area contributed by atoms with Crippen LogP contribution in [0.1, 0.15) is 106 Å². The van der Waals surface area contributed by atoms with Gasteiger partial charge in [0.25, 0.3) is 0 Å². The van der Waals surface area contributed by atoms with Gasteiger partial charge in [0.15, 0.2) is 0 Å². The smallest absolute Gasteiger partial charge is 0.335 e. The van der Waals surface area contributed by atoms with E-state index in [4.69, 9.17) is 0 Å². The number of hydrogen-bond acceptors (Lipinski definition) is 2. The van der Waals surface area contributed by atoms with Gasteiger partial charge in [0.2, 0.25) is 0 Å². The molecule has 34 heavy (non-hydrogen) atoms. The summed E-state index contributed by atoms with van der Waals surface area (Å²) in [5.41, 5.74) is 3.15. The molecule has 0 aromatic heterocycles. The van der Waals surface area contributed by atoms with Crippen molar-refractivity contribution >= 4 is 11.7 Å². The van der Waals surface area contributed by atoms with Crippen LogP contribution < -0.4 is 4.90 Å². The highest BCUT2D eigenvalue weighted by molar-refractivity contribution is 5.88. The SMILES string of the molecule is CC1(C2CCCCCCCC2)C(c2ccccc2)C2CCCCC2N1c1ccc(C(=O)O)cc1. The van der Waals surface area contributed by atoms with Crippen LogP contribution in [0.5, 0.6) is 0 Å². The zero-order valence-corrected chi connectivity index (χ0v) is 20.8. The monoisotopic (exact) mass is 459 g/mol. The fourth-order valence-corrected chi connectivity index (χ4v) is 7.94. The first-order chi connectivity index (χ1) is 16.6. The van der Waals surface area contributed by atoms with E-state index in [9.17, 15) is 9.90 Å². The zero-order valence-electron chi connectivity index (χ0n) is 20.8. The summed E-state index contributed by atoms with van der Waals surface area (Å²) in [7, 11) is 0. The van der Waals surface area contributed by atoms with E-state index in [1.807, 2.05) is 12.1 Å². The van der Waals surface area contributed by atoms with Gasteiger partial charge in [0.1, 0.15) is 0 Å². The number of fused-ring (bicyclic) bond motifs is 1. The number of benzene rings is 2. The molecule has 4 unspecified atom stereocenters. The zero-order chi connectivity index (χ0) is 23.5. The van der Waals surface area contributed by atoms with Gasteiger partial charge in [0.05, 0.1) is 5.56 Å². The lowest BCUT2D eigenvalue weighted by Crippen LogP contribution is -2.53. The first-order valence-electron chi connectivity index (χ1n) is 13.8. The van der Waals surface area contributed by atoms with Crippen molar-refractivity contribution in [3.63, 3.8) is 0 Å². The Labute approximate surface area is 205 Å². The summed E-state index contributed by atoms with van der Waals surface area (Å²) < 4.78 is 0. The van der Waals surface area contributed by atoms with E-state index in [0.717, 1.165) is 0 Å². The van der Waals surface area contributed by atoms with Gasteiger partial charge in [0, 0.05) is 23.2 Å². The van der Waals surface area contributed by atoms with Crippen LogP contribution in [0.3, 0.4) is 0 Å². The standard InChI is InChI=1S/C31H41NO2/c1-31(25-15-9-4-2-3-5-10-16-25)29(23-13-7-6-8-14-23)27-17-11-12-18-28(27)32(31)26-21-19-24(20-22-26)30(33)34/h6-8,13-14,19-22,25,27-29H,2-5,9-12,15-18H2,1H3,(H,33,34). The number of anilines is 1. The van der Waals surface area contributed by atoms with Crippen molar-refractivity contribution in [3.05, 3.63) is 65.7 Å². The Morgan fingerprint density at radius 1 is 0.794 bits per heavy atom. The molecule has 1 heterocycles. The van der Waals surface area contributed by atoms with E-state index in [2.05, 4.69) is 54.3 Å². The fourth-order valence-electron chi connectivity index (χ4n) is 7.94. The minimum Gasteiger partial charge on any atom is -0.478 e. The summed E-state index contributed by atoms with van der Waals surface area (Å²) in [5, 5.41) is 9.50. The molecule has 182 valence electrons. The summed E-state index contributed by atoms with van der Waals surface area (Å²) in [6.07, 6.45) is 16.0. The molecule has 3 aliphatic rings. The molecule has 0 radical (unpaired) electrons. The number of hydrogen-bond donors (Lipinski definition) is 1. The molecule has 1 saturated heterocycles. The topological polar surface area (TPSA) is 40.5 Å². The Morgan fingerprint density at radius 2 is 1.38 bits per heavy atom. The van der Waals surface area contributed by atoms with Crippen LogP contribution in [0.2, 0.25) is 0 Å². The highest BCUT2D eigenvalue weighted by atomic mass is 16.4. The number of aromatic carboxylic acids is 1. The van der Waals surface area contributed by atoms with Gasteiger partial charge in [-0.05, 0) is 74.3 Å². The molecular weight excluding hydrogens is 418 g/mol. The molecule has 4 atom stereocenters. The summed E-state index contributed by atoms with van der Waals surface area (Å²) in [6.45, 7) is 2.58. The Bertz CT molecular complexity index is 945. The van der Waals surface area contributed by atoms with Gasteiger partial charge in [-0.15, -0.1) is 0 Å². The summed E-state index contributed by atoms with van der Waals surface area (Å²) in [6, 6.07) is 19.7. The van der Waals surface area contributed by atoms with Crippen LogP contribution in [0.15, 0.2) is 54.6 Å². The first kappa shape index (κ1) is 23.5. The van der Waals surface area contributed by atoms with Gasteiger partial charge in [-0.2, -0.15) is 0 Å². The quantitative estimate of drug-likeness (QED) is 0.503. The van der Waals surface area contributed by atoms with Crippen LogP contribution in [0.25, 0.3) is 0 Å². The van der Waals surface area contributed by atoms with Gasteiger partial charge < -0.3 is 10.0 Å². The minimum absolute atomic E-state index is 0.0378. The average molecular weight is 460 g/mol. The van der Waals surface area contributed by atoms with E-state index in [0.29, 0.717) is 29.4 Å².